The first-order valence-corrected chi connectivity index (χ1v) is 12.4. The van der Waals surface area contributed by atoms with E-state index in [4.69, 9.17) is 15.2 Å². The van der Waals surface area contributed by atoms with Crippen LogP contribution < -0.4 is 11.3 Å². The van der Waals surface area contributed by atoms with Crippen molar-refractivity contribution in [3.05, 3.63) is 92.9 Å². The zero-order valence-corrected chi connectivity index (χ0v) is 21.6. The van der Waals surface area contributed by atoms with Crippen LogP contribution in [0.4, 0.5) is 4.39 Å². The van der Waals surface area contributed by atoms with Crippen molar-refractivity contribution in [1.29, 1.82) is 0 Å². The molecule has 2 aromatic heterocycles. The van der Waals surface area contributed by atoms with E-state index in [0.29, 0.717) is 42.2 Å². The lowest BCUT2D eigenvalue weighted by Crippen LogP contribution is -2.42. The molecule has 1 atom stereocenters. The molecule has 0 radical (unpaired) electrons. The Morgan fingerprint density at radius 1 is 1.16 bits per heavy atom. The third kappa shape index (κ3) is 5.46. The zero-order valence-electron chi connectivity index (χ0n) is 21.6. The van der Waals surface area contributed by atoms with Gasteiger partial charge in [-0.2, -0.15) is 4.98 Å². The summed E-state index contributed by atoms with van der Waals surface area (Å²) in [7, 11) is 0. The van der Waals surface area contributed by atoms with Crippen molar-refractivity contribution in [2.24, 2.45) is 11.7 Å². The van der Waals surface area contributed by atoms with Crippen LogP contribution in [0, 0.1) is 25.6 Å². The van der Waals surface area contributed by atoms with Gasteiger partial charge in [-0.05, 0) is 62.6 Å². The number of fused-ring (bicyclic) bond motifs is 1. The molecule has 8 nitrogen and oxygen atoms in total. The van der Waals surface area contributed by atoms with Crippen molar-refractivity contribution < 1.29 is 13.7 Å². The van der Waals surface area contributed by atoms with Gasteiger partial charge in [-0.1, -0.05) is 48.8 Å². The highest BCUT2D eigenvalue weighted by Gasteiger charge is 2.33. The van der Waals surface area contributed by atoms with E-state index in [2.05, 4.69) is 5.16 Å². The number of aromatic nitrogens is 3. The van der Waals surface area contributed by atoms with Gasteiger partial charge >= 0.3 is 0 Å². The molecule has 4 aromatic rings. The molecule has 4 rings (SSSR count). The Hall–Kier alpha value is -3.85. The maximum absolute atomic E-state index is 14.0. The van der Waals surface area contributed by atoms with Gasteiger partial charge in [0.2, 0.25) is 0 Å². The van der Waals surface area contributed by atoms with E-state index in [1.807, 2.05) is 32.9 Å². The fourth-order valence-electron chi connectivity index (χ4n) is 4.57. The number of carbonyl (C=O) groups excluding carboxylic acids is 1. The van der Waals surface area contributed by atoms with Gasteiger partial charge in [0.15, 0.2) is 0 Å². The smallest absolute Gasteiger partial charge is 0.267 e. The molecule has 0 aliphatic carbocycles. The Labute approximate surface area is 214 Å². The van der Waals surface area contributed by atoms with Crippen LogP contribution >= 0.6 is 0 Å². The third-order valence-electron chi connectivity index (χ3n) is 6.42. The highest BCUT2D eigenvalue weighted by atomic mass is 19.1. The van der Waals surface area contributed by atoms with E-state index in [0.717, 1.165) is 5.56 Å². The van der Waals surface area contributed by atoms with E-state index < -0.39 is 11.9 Å². The molecule has 2 aromatic carbocycles. The molecule has 0 fully saturated rings. The van der Waals surface area contributed by atoms with Crippen molar-refractivity contribution >= 4 is 17.0 Å². The molecule has 0 saturated carbocycles. The van der Waals surface area contributed by atoms with Gasteiger partial charge in [0.05, 0.1) is 18.3 Å². The highest BCUT2D eigenvalue weighted by molar-refractivity contribution is 5.94. The minimum absolute atomic E-state index is 0.0756. The average Bonchev–Trinajstić information content (AvgIpc) is 3.24. The summed E-state index contributed by atoms with van der Waals surface area (Å²) in [5.74, 6) is -0.362. The Morgan fingerprint density at radius 3 is 2.54 bits per heavy atom. The molecule has 0 aliphatic rings. The summed E-state index contributed by atoms with van der Waals surface area (Å²) in [6.45, 7) is 8.42. The minimum atomic E-state index is -0.587. The molecule has 0 bridgehead atoms. The molecular weight excluding hydrogens is 473 g/mol. The second-order valence-corrected chi connectivity index (χ2v) is 9.64. The minimum Gasteiger partial charge on any atom is -0.335 e. The van der Waals surface area contributed by atoms with Crippen LogP contribution in [0.15, 0.2) is 57.8 Å². The van der Waals surface area contributed by atoms with Gasteiger partial charge in [0.1, 0.15) is 17.0 Å². The molecule has 0 aliphatic heterocycles. The van der Waals surface area contributed by atoms with Crippen LogP contribution in [0.25, 0.3) is 11.1 Å². The molecule has 194 valence electrons. The molecule has 2 N–H and O–H groups in total. The molecule has 9 heteroatoms. The maximum atomic E-state index is 14.0. The third-order valence-corrected chi connectivity index (χ3v) is 6.42. The second kappa shape index (κ2) is 11.0. The molecular formula is C28H32FN5O3. The number of benzene rings is 2. The number of amides is 1. The van der Waals surface area contributed by atoms with Gasteiger partial charge in [0.25, 0.3) is 17.2 Å². The van der Waals surface area contributed by atoms with Gasteiger partial charge in [-0.15, -0.1) is 0 Å². The number of hydrogen-bond acceptors (Lipinski definition) is 6. The van der Waals surface area contributed by atoms with Gasteiger partial charge in [-0.25, -0.2) is 4.39 Å². The van der Waals surface area contributed by atoms with Crippen molar-refractivity contribution in [3.8, 4) is 0 Å². The van der Waals surface area contributed by atoms with Crippen LogP contribution in [-0.4, -0.2) is 38.6 Å². The lowest BCUT2D eigenvalue weighted by Gasteiger charge is -2.35. The quantitative estimate of drug-likeness (QED) is 0.362. The molecule has 0 unspecified atom stereocenters. The number of hydrogen-bond donors (Lipinski definition) is 1. The molecule has 2 heterocycles. The Bertz CT molecular complexity index is 1460. The fourth-order valence-corrected chi connectivity index (χ4v) is 4.57. The normalized spacial score (nSPS) is 12.3. The van der Waals surface area contributed by atoms with Crippen LogP contribution in [-0.2, 0) is 6.54 Å². The van der Waals surface area contributed by atoms with Gasteiger partial charge in [-0.3, -0.25) is 14.2 Å². The lowest BCUT2D eigenvalue weighted by atomic mass is 9.98. The average molecular weight is 506 g/mol. The molecule has 0 spiro atoms. The highest BCUT2D eigenvalue weighted by Crippen LogP contribution is 2.30. The number of halogens is 1. The number of aryl methyl sites for hydroxylation is 2. The van der Waals surface area contributed by atoms with E-state index >= 15 is 0 Å². The van der Waals surface area contributed by atoms with Crippen molar-refractivity contribution in [2.75, 3.05) is 13.1 Å². The SMILES string of the molecule is Cc1ccc(C(=O)N(CCCN)[C@@H](c2nc3onc(C)c3c(=O)n2Cc2cccc(F)c2)C(C)C)cc1. The topological polar surface area (TPSA) is 107 Å². The molecule has 1 amide bonds. The number of nitrogens with two attached hydrogens (primary N) is 1. The van der Waals surface area contributed by atoms with Crippen molar-refractivity contribution in [3.63, 3.8) is 0 Å². The van der Waals surface area contributed by atoms with Crippen LogP contribution in [0.3, 0.4) is 0 Å². The number of nitrogens with zero attached hydrogens (tertiary/aromatic N) is 4. The van der Waals surface area contributed by atoms with E-state index in [1.165, 1.54) is 16.7 Å². The summed E-state index contributed by atoms with van der Waals surface area (Å²) in [5, 5.41) is 4.21. The first-order valence-electron chi connectivity index (χ1n) is 12.4. The summed E-state index contributed by atoms with van der Waals surface area (Å²) >= 11 is 0. The number of rotatable bonds is 9. The van der Waals surface area contributed by atoms with Gasteiger partial charge in [0, 0.05) is 12.1 Å². The van der Waals surface area contributed by atoms with Crippen molar-refractivity contribution in [1.82, 2.24) is 19.6 Å². The van der Waals surface area contributed by atoms with Gasteiger partial charge < -0.3 is 15.2 Å². The van der Waals surface area contributed by atoms with E-state index in [-0.39, 0.29) is 35.0 Å². The Balaban J connectivity index is 1.91. The van der Waals surface area contributed by atoms with E-state index in [1.54, 1.807) is 36.1 Å². The van der Waals surface area contributed by atoms with E-state index in [9.17, 15) is 14.0 Å². The largest absolute Gasteiger partial charge is 0.335 e. The first-order chi connectivity index (χ1) is 17.7. The second-order valence-electron chi connectivity index (χ2n) is 9.64. The fraction of sp³-hybridized carbons (Fsp3) is 0.357. The number of carbonyl (C=O) groups is 1. The lowest BCUT2D eigenvalue weighted by molar-refractivity contribution is 0.0602. The summed E-state index contributed by atoms with van der Waals surface area (Å²) < 4.78 is 20.9. The van der Waals surface area contributed by atoms with Crippen LogP contribution in [0.5, 0.6) is 0 Å². The summed E-state index contributed by atoms with van der Waals surface area (Å²) in [5.41, 5.74) is 8.18. The zero-order chi connectivity index (χ0) is 26.7. The molecule has 37 heavy (non-hydrogen) atoms. The van der Waals surface area contributed by atoms with Crippen LogP contribution in [0.2, 0.25) is 0 Å². The first kappa shape index (κ1) is 26.2. The predicted molar refractivity (Wildman–Crippen MR) is 140 cm³/mol. The summed E-state index contributed by atoms with van der Waals surface area (Å²) in [6.07, 6.45) is 0.568. The Morgan fingerprint density at radius 2 is 1.89 bits per heavy atom. The standard InChI is InChI=1S/C28H32FN5O3/c1-17(2)24(33(14-6-13-30)27(35)21-11-9-18(3)10-12-21)25-31-26-23(19(4)32-37-26)28(36)34(25)16-20-7-5-8-22(29)15-20/h5,7-12,15,17,24H,6,13-14,16,30H2,1-4H3/t24-/m1/s1. The summed E-state index contributed by atoms with van der Waals surface area (Å²) in [6, 6.07) is 12.9. The molecule has 0 saturated heterocycles. The predicted octanol–water partition coefficient (Wildman–Crippen LogP) is 4.38. The summed E-state index contributed by atoms with van der Waals surface area (Å²) in [4.78, 5) is 34.1. The van der Waals surface area contributed by atoms with Crippen molar-refractivity contribution in [2.45, 2.75) is 46.7 Å². The maximum Gasteiger partial charge on any atom is 0.267 e. The Kier molecular flexibility index (Phi) is 7.83. The monoisotopic (exact) mass is 505 g/mol. The van der Waals surface area contributed by atoms with Crippen LogP contribution in [0.1, 0.15) is 59.3 Å².